The van der Waals surface area contributed by atoms with E-state index in [0.29, 0.717) is 12.4 Å². The molecule has 1 amide bonds. The third-order valence-electron chi connectivity index (χ3n) is 9.34. The number of carbonyl (C=O) groups is 1. The maximum atomic E-state index is 13.2. The fourth-order valence-electron chi connectivity index (χ4n) is 7.86. The molecule has 5 nitrogen and oxygen atoms in total. The Labute approximate surface area is 211 Å². The lowest BCUT2D eigenvalue weighted by Gasteiger charge is -2.59. The third kappa shape index (κ3) is 3.63. The largest absolute Gasteiger partial charge is 0.489 e. The molecule has 0 saturated heterocycles. The topological polar surface area (TPSA) is 64.6 Å². The minimum Gasteiger partial charge on any atom is -0.489 e. The zero-order valence-corrected chi connectivity index (χ0v) is 21.0. The first kappa shape index (κ1) is 22.0. The first-order valence-corrected chi connectivity index (χ1v) is 13.4. The van der Waals surface area contributed by atoms with Crippen LogP contribution in [0.3, 0.4) is 0 Å². The fourth-order valence-corrected chi connectivity index (χ4v) is 7.86. The van der Waals surface area contributed by atoms with Crippen molar-refractivity contribution in [1.82, 2.24) is 5.32 Å². The van der Waals surface area contributed by atoms with Gasteiger partial charge in [0.1, 0.15) is 29.3 Å². The maximum absolute atomic E-state index is 13.2. The molecule has 0 unspecified atom stereocenters. The van der Waals surface area contributed by atoms with E-state index >= 15 is 0 Å². The van der Waals surface area contributed by atoms with Gasteiger partial charge in [-0.3, -0.25) is 4.79 Å². The van der Waals surface area contributed by atoms with E-state index in [9.17, 15) is 4.79 Å². The van der Waals surface area contributed by atoms with Gasteiger partial charge >= 0.3 is 0 Å². The van der Waals surface area contributed by atoms with Crippen LogP contribution in [0, 0.1) is 30.1 Å². The number of benzene rings is 2. The number of carbonyl (C=O) groups excluding carboxylic acids is 1. The van der Waals surface area contributed by atoms with E-state index in [2.05, 4.69) is 18.3 Å². The molecule has 2 aromatic carbocycles. The zero-order valence-electron chi connectivity index (χ0n) is 21.0. The molecule has 4 saturated carbocycles. The van der Waals surface area contributed by atoms with E-state index in [1.165, 1.54) is 38.5 Å². The van der Waals surface area contributed by atoms with Gasteiger partial charge in [-0.05, 0) is 106 Å². The molecule has 0 spiro atoms. The number of nitrogens with one attached hydrogen (secondary N) is 1. The van der Waals surface area contributed by atoms with Crippen molar-refractivity contribution in [2.75, 3.05) is 0 Å². The van der Waals surface area contributed by atoms with Gasteiger partial charge in [0, 0.05) is 22.4 Å². The number of hydrogen-bond acceptors (Lipinski definition) is 4. The zero-order chi connectivity index (χ0) is 24.4. The molecule has 4 aliphatic carbocycles. The van der Waals surface area contributed by atoms with Gasteiger partial charge in [-0.1, -0.05) is 18.2 Å². The van der Waals surface area contributed by atoms with Crippen molar-refractivity contribution in [3.63, 3.8) is 0 Å². The van der Waals surface area contributed by atoms with Crippen LogP contribution in [0.1, 0.15) is 67.3 Å². The van der Waals surface area contributed by atoms with Crippen LogP contribution in [-0.4, -0.2) is 11.9 Å². The second-order valence-electron chi connectivity index (χ2n) is 11.7. The van der Waals surface area contributed by atoms with E-state index in [1.807, 2.05) is 49.4 Å². The van der Waals surface area contributed by atoms with Gasteiger partial charge in [0.15, 0.2) is 5.76 Å². The lowest BCUT2D eigenvalue weighted by atomic mass is 9.48. The van der Waals surface area contributed by atoms with Crippen LogP contribution in [0.5, 0.6) is 5.75 Å². The molecule has 0 aliphatic heterocycles. The molecular formula is C31H33NO4. The van der Waals surface area contributed by atoms with Crippen molar-refractivity contribution in [3.8, 4) is 5.75 Å². The number of rotatable bonds is 6. The van der Waals surface area contributed by atoms with Crippen molar-refractivity contribution in [3.05, 3.63) is 65.6 Å². The first-order valence-electron chi connectivity index (χ1n) is 13.4. The number of aryl methyl sites for hydroxylation is 1. The normalized spacial score (nSPS) is 27.6. The number of ether oxygens (including phenoxy) is 1. The quantitative estimate of drug-likeness (QED) is 0.310. The van der Waals surface area contributed by atoms with Crippen molar-refractivity contribution in [2.24, 2.45) is 23.2 Å². The van der Waals surface area contributed by atoms with E-state index in [-0.39, 0.29) is 17.4 Å². The summed E-state index contributed by atoms with van der Waals surface area (Å²) in [6, 6.07) is 15.9. The minimum absolute atomic E-state index is 0.112. The Morgan fingerprint density at radius 2 is 1.67 bits per heavy atom. The highest BCUT2D eigenvalue weighted by Gasteiger charge is 2.53. The monoisotopic (exact) mass is 483 g/mol. The molecule has 0 radical (unpaired) electrons. The molecule has 1 N–H and O–H groups in total. The van der Waals surface area contributed by atoms with Crippen LogP contribution >= 0.6 is 0 Å². The molecule has 4 aromatic rings. The lowest BCUT2D eigenvalue weighted by molar-refractivity contribution is -0.0688. The number of fused-ring (bicyclic) bond motifs is 3. The molecule has 36 heavy (non-hydrogen) atoms. The van der Waals surface area contributed by atoms with Crippen LogP contribution in [0.15, 0.2) is 57.4 Å². The average molecular weight is 484 g/mol. The molecular weight excluding hydrogens is 450 g/mol. The van der Waals surface area contributed by atoms with Crippen LogP contribution < -0.4 is 10.1 Å². The molecule has 2 heterocycles. The summed E-state index contributed by atoms with van der Waals surface area (Å²) >= 11 is 0. The van der Waals surface area contributed by atoms with Gasteiger partial charge in [-0.15, -0.1) is 0 Å². The summed E-state index contributed by atoms with van der Waals surface area (Å²) in [4.78, 5) is 13.2. The van der Waals surface area contributed by atoms with Crippen molar-refractivity contribution >= 4 is 27.8 Å². The highest BCUT2D eigenvalue weighted by atomic mass is 16.5. The highest BCUT2D eigenvalue weighted by molar-refractivity contribution is 6.05. The number of amides is 1. The Kier molecular flexibility index (Phi) is 4.99. The summed E-state index contributed by atoms with van der Waals surface area (Å²) in [7, 11) is 0. The summed E-state index contributed by atoms with van der Waals surface area (Å²) in [6.07, 6.45) is 8.03. The first-order chi connectivity index (χ1) is 17.5. The SMILES string of the molecule is Cc1oc(C(=O)N[C@@H](C)C23CC4CC(CC(C4)C2)C3)cc1COc1ccc2oc3ccccc3c2c1. The Morgan fingerprint density at radius 1 is 0.972 bits per heavy atom. The molecule has 4 aliphatic rings. The maximum Gasteiger partial charge on any atom is 0.287 e. The van der Waals surface area contributed by atoms with Gasteiger partial charge in [0.25, 0.3) is 5.91 Å². The van der Waals surface area contributed by atoms with Crippen LogP contribution in [0.4, 0.5) is 0 Å². The second-order valence-corrected chi connectivity index (χ2v) is 11.7. The van der Waals surface area contributed by atoms with E-state index < -0.39 is 0 Å². The smallest absolute Gasteiger partial charge is 0.287 e. The number of hydrogen-bond donors (Lipinski definition) is 1. The Balaban J connectivity index is 1.04. The molecule has 2 aromatic heterocycles. The van der Waals surface area contributed by atoms with Crippen molar-refractivity contribution in [1.29, 1.82) is 0 Å². The standard InChI is InChI=1S/C31H33NO4/c1-18-23(17-34-24-7-8-28-26(13-24)25-5-3-4-6-27(25)36-28)12-29(35-18)30(33)32-19(2)31-14-20-9-21(15-31)11-22(10-20)16-31/h3-8,12-13,19-22H,9-11,14-17H2,1-2H3,(H,32,33)/t19-,20?,21?,22?,31?/m0/s1. The molecule has 5 heteroatoms. The Bertz CT molecular complexity index is 1420. The van der Waals surface area contributed by atoms with Crippen LogP contribution in [-0.2, 0) is 6.61 Å². The van der Waals surface area contributed by atoms with Crippen molar-refractivity contribution in [2.45, 2.75) is 65.0 Å². The van der Waals surface area contributed by atoms with Gasteiger partial charge in [0.2, 0.25) is 0 Å². The summed E-state index contributed by atoms with van der Waals surface area (Å²) in [5.41, 5.74) is 2.87. The Hall–Kier alpha value is -3.21. The summed E-state index contributed by atoms with van der Waals surface area (Å²) in [6.45, 7) is 4.44. The predicted molar refractivity (Wildman–Crippen MR) is 139 cm³/mol. The lowest BCUT2D eigenvalue weighted by Crippen LogP contribution is -2.55. The highest BCUT2D eigenvalue weighted by Crippen LogP contribution is 2.61. The fraction of sp³-hybridized carbons (Fsp3) is 0.452. The van der Waals surface area contributed by atoms with Gasteiger partial charge in [-0.2, -0.15) is 0 Å². The third-order valence-corrected chi connectivity index (χ3v) is 9.34. The second kappa shape index (κ2) is 8.16. The Morgan fingerprint density at radius 3 is 2.42 bits per heavy atom. The van der Waals surface area contributed by atoms with E-state index in [0.717, 1.165) is 56.8 Å². The number of furan rings is 2. The average Bonchev–Trinajstić information content (AvgIpc) is 3.41. The molecule has 4 fully saturated rings. The van der Waals surface area contributed by atoms with Gasteiger partial charge in [-0.25, -0.2) is 0 Å². The molecule has 8 rings (SSSR count). The molecule has 186 valence electrons. The summed E-state index contributed by atoms with van der Waals surface area (Å²) in [5, 5.41) is 5.42. The van der Waals surface area contributed by atoms with Crippen LogP contribution in [0.25, 0.3) is 21.9 Å². The van der Waals surface area contributed by atoms with E-state index in [1.54, 1.807) is 0 Å². The summed E-state index contributed by atoms with van der Waals surface area (Å²) in [5.74, 6) is 4.34. The number of para-hydroxylation sites is 1. The van der Waals surface area contributed by atoms with Crippen LogP contribution in [0.2, 0.25) is 0 Å². The van der Waals surface area contributed by atoms with Crippen molar-refractivity contribution < 1.29 is 18.4 Å². The predicted octanol–water partition coefficient (Wildman–Crippen LogP) is 7.40. The minimum atomic E-state index is -0.112. The molecule has 1 atom stereocenters. The van der Waals surface area contributed by atoms with E-state index in [4.69, 9.17) is 13.6 Å². The molecule has 4 bridgehead atoms. The summed E-state index contributed by atoms with van der Waals surface area (Å²) < 4.78 is 17.9. The van der Waals surface area contributed by atoms with Gasteiger partial charge in [0.05, 0.1) is 0 Å². The van der Waals surface area contributed by atoms with Gasteiger partial charge < -0.3 is 18.9 Å².